The molecule has 0 fully saturated rings. The van der Waals surface area contributed by atoms with Crippen LogP contribution in [0.1, 0.15) is 23.8 Å². The summed E-state index contributed by atoms with van der Waals surface area (Å²) in [4.78, 5) is 15.4. The van der Waals surface area contributed by atoms with Gasteiger partial charge in [-0.05, 0) is 29.3 Å². The third-order valence-electron chi connectivity index (χ3n) is 3.82. The third kappa shape index (κ3) is 2.50. The summed E-state index contributed by atoms with van der Waals surface area (Å²) in [5, 5.41) is 15.3. The van der Waals surface area contributed by atoms with Crippen LogP contribution in [0.4, 0.5) is 0 Å². The van der Waals surface area contributed by atoms with E-state index in [4.69, 9.17) is 0 Å². The van der Waals surface area contributed by atoms with Gasteiger partial charge in [-0.3, -0.25) is 4.79 Å². The summed E-state index contributed by atoms with van der Waals surface area (Å²) in [6.07, 6.45) is 0.700. The Kier molecular flexibility index (Phi) is 3.62. The standard InChI is InChI=1S/C17H18N2O2/c1-2-12(10-20)18-17(21)16-9-14-13-6-4-3-5-11(13)7-8-15(14)19-16/h3-9,12,19-20H,2,10H2,1H3,(H,18,21). The Morgan fingerprint density at radius 1 is 1.24 bits per heavy atom. The largest absolute Gasteiger partial charge is 0.394 e. The molecule has 1 aromatic heterocycles. The van der Waals surface area contributed by atoms with Gasteiger partial charge in [0.15, 0.2) is 0 Å². The third-order valence-corrected chi connectivity index (χ3v) is 3.82. The molecule has 0 saturated carbocycles. The highest BCUT2D eigenvalue weighted by molar-refractivity contribution is 6.09. The van der Waals surface area contributed by atoms with E-state index in [1.807, 2.05) is 37.3 Å². The average molecular weight is 282 g/mol. The van der Waals surface area contributed by atoms with E-state index in [1.165, 1.54) is 0 Å². The number of carbonyl (C=O) groups excluding carboxylic acids is 1. The molecule has 1 amide bonds. The zero-order chi connectivity index (χ0) is 14.8. The summed E-state index contributed by atoms with van der Waals surface area (Å²) in [6.45, 7) is 1.88. The molecule has 108 valence electrons. The van der Waals surface area contributed by atoms with E-state index in [2.05, 4.69) is 22.4 Å². The molecule has 0 radical (unpaired) electrons. The molecule has 1 heterocycles. The van der Waals surface area contributed by atoms with Crippen molar-refractivity contribution < 1.29 is 9.90 Å². The molecule has 0 aliphatic heterocycles. The second-order valence-corrected chi connectivity index (χ2v) is 5.19. The van der Waals surface area contributed by atoms with Gasteiger partial charge in [-0.15, -0.1) is 0 Å². The average Bonchev–Trinajstić information content (AvgIpc) is 2.97. The molecule has 3 rings (SSSR count). The number of amides is 1. The molecule has 2 aromatic carbocycles. The summed E-state index contributed by atoms with van der Waals surface area (Å²) in [7, 11) is 0. The van der Waals surface area contributed by atoms with Crippen molar-refractivity contribution in [2.75, 3.05) is 6.61 Å². The molecule has 21 heavy (non-hydrogen) atoms. The quantitative estimate of drug-likeness (QED) is 0.689. The molecule has 0 aliphatic rings. The Morgan fingerprint density at radius 2 is 2.05 bits per heavy atom. The number of aliphatic hydroxyl groups excluding tert-OH is 1. The van der Waals surface area contributed by atoms with Crippen molar-refractivity contribution in [2.24, 2.45) is 0 Å². The number of nitrogens with one attached hydrogen (secondary N) is 2. The van der Waals surface area contributed by atoms with E-state index in [1.54, 1.807) is 0 Å². The summed E-state index contributed by atoms with van der Waals surface area (Å²) >= 11 is 0. The molecular weight excluding hydrogens is 264 g/mol. The predicted octanol–water partition coefficient (Wildman–Crippen LogP) is 2.82. The summed E-state index contributed by atoms with van der Waals surface area (Å²) in [6, 6.07) is 13.8. The van der Waals surface area contributed by atoms with E-state index in [-0.39, 0.29) is 18.6 Å². The smallest absolute Gasteiger partial charge is 0.268 e. The Labute approximate surface area is 122 Å². The van der Waals surface area contributed by atoms with Crippen LogP contribution in [0.5, 0.6) is 0 Å². The van der Waals surface area contributed by atoms with Crippen LogP contribution in [0.2, 0.25) is 0 Å². The number of benzene rings is 2. The predicted molar refractivity (Wildman–Crippen MR) is 84.4 cm³/mol. The molecule has 1 unspecified atom stereocenters. The van der Waals surface area contributed by atoms with E-state index >= 15 is 0 Å². The Bertz CT molecular complexity index is 788. The fraction of sp³-hybridized carbons (Fsp3) is 0.235. The molecule has 1 atom stereocenters. The van der Waals surface area contributed by atoms with Gasteiger partial charge in [-0.2, -0.15) is 0 Å². The van der Waals surface area contributed by atoms with Crippen molar-refractivity contribution in [3.63, 3.8) is 0 Å². The van der Waals surface area contributed by atoms with Crippen LogP contribution in [0.25, 0.3) is 21.7 Å². The zero-order valence-corrected chi connectivity index (χ0v) is 11.9. The minimum absolute atomic E-state index is 0.0502. The van der Waals surface area contributed by atoms with Crippen LogP contribution in [0, 0.1) is 0 Å². The number of aromatic nitrogens is 1. The number of rotatable bonds is 4. The normalized spacial score (nSPS) is 12.7. The molecule has 4 heteroatoms. The highest BCUT2D eigenvalue weighted by Crippen LogP contribution is 2.25. The number of carbonyl (C=O) groups is 1. The number of aromatic amines is 1. The first-order valence-electron chi connectivity index (χ1n) is 7.15. The van der Waals surface area contributed by atoms with E-state index in [0.29, 0.717) is 12.1 Å². The van der Waals surface area contributed by atoms with E-state index in [0.717, 1.165) is 21.7 Å². The molecule has 3 aromatic rings. The lowest BCUT2D eigenvalue weighted by Gasteiger charge is -2.12. The van der Waals surface area contributed by atoms with Gasteiger partial charge < -0.3 is 15.4 Å². The number of aliphatic hydroxyl groups is 1. The van der Waals surface area contributed by atoms with Gasteiger partial charge in [0.05, 0.1) is 12.6 Å². The lowest BCUT2D eigenvalue weighted by atomic mass is 10.1. The highest BCUT2D eigenvalue weighted by atomic mass is 16.3. The summed E-state index contributed by atoms with van der Waals surface area (Å²) in [5.41, 5.74) is 1.46. The van der Waals surface area contributed by atoms with Crippen molar-refractivity contribution in [3.05, 3.63) is 48.2 Å². The van der Waals surface area contributed by atoms with Gasteiger partial charge in [0, 0.05) is 10.9 Å². The molecule has 0 spiro atoms. The molecular formula is C17H18N2O2. The van der Waals surface area contributed by atoms with Crippen LogP contribution in [0.15, 0.2) is 42.5 Å². The first-order valence-corrected chi connectivity index (χ1v) is 7.15. The topological polar surface area (TPSA) is 65.1 Å². The van der Waals surface area contributed by atoms with Crippen molar-refractivity contribution in [2.45, 2.75) is 19.4 Å². The maximum absolute atomic E-state index is 12.2. The molecule has 0 saturated heterocycles. The minimum Gasteiger partial charge on any atom is -0.394 e. The lowest BCUT2D eigenvalue weighted by molar-refractivity contribution is 0.0910. The molecule has 0 aliphatic carbocycles. The summed E-state index contributed by atoms with van der Waals surface area (Å²) < 4.78 is 0. The maximum atomic E-state index is 12.2. The Morgan fingerprint density at radius 3 is 2.81 bits per heavy atom. The van der Waals surface area contributed by atoms with Gasteiger partial charge in [-0.1, -0.05) is 37.3 Å². The van der Waals surface area contributed by atoms with Crippen molar-refractivity contribution in [1.29, 1.82) is 0 Å². The fourth-order valence-electron chi connectivity index (χ4n) is 2.55. The van der Waals surface area contributed by atoms with Gasteiger partial charge >= 0.3 is 0 Å². The number of hydrogen-bond donors (Lipinski definition) is 3. The Balaban J connectivity index is 2.01. The molecule has 4 nitrogen and oxygen atoms in total. The first kappa shape index (κ1) is 13.6. The summed E-state index contributed by atoms with van der Waals surface area (Å²) in [5.74, 6) is -0.184. The monoisotopic (exact) mass is 282 g/mol. The van der Waals surface area contributed by atoms with Crippen molar-refractivity contribution in [3.8, 4) is 0 Å². The van der Waals surface area contributed by atoms with Crippen LogP contribution < -0.4 is 5.32 Å². The van der Waals surface area contributed by atoms with Crippen LogP contribution >= 0.6 is 0 Å². The maximum Gasteiger partial charge on any atom is 0.268 e. The van der Waals surface area contributed by atoms with Crippen LogP contribution in [-0.2, 0) is 0 Å². The molecule has 0 bridgehead atoms. The fourth-order valence-corrected chi connectivity index (χ4v) is 2.55. The van der Waals surface area contributed by atoms with Gasteiger partial charge in [-0.25, -0.2) is 0 Å². The van der Waals surface area contributed by atoms with Crippen molar-refractivity contribution >= 4 is 27.6 Å². The number of fused-ring (bicyclic) bond motifs is 3. The molecule has 3 N–H and O–H groups in total. The first-order chi connectivity index (χ1) is 10.2. The Hall–Kier alpha value is -2.33. The number of hydrogen-bond acceptors (Lipinski definition) is 2. The minimum atomic E-state index is -0.208. The van der Waals surface area contributed by atoms with E-state index in [9.17, 15) is 9.90 Å². The van der Waals surface area contributed by atoms with Gasteiger partial charge in [0.2, 0.25) is 0 Å². The van der Waals surface area contributed by atoms with Gasteiger partial charge in [0.25, 0.3) is 5.91 Å². The lowest BCUT2D eigenvalue weighted by Crippen LogP contribution is -2.37. The number of H-pyrrole nitrogens is 1. The highest BCUT2D eigenvalue weighted by Gasteiger charge is 2.14. The SMILES string of the molecule is CCC(CO)NC(=O)c1cc2c(ccc3ccccc32)[nH]1. The second-order valence-electron chi connectivity index (χ2n) is 5.19. The van der Waals surface area contributed by atoms with Crippen molar-refractivity contribution in [1.82, 2.24) is 10.3 Å². The van der Waals surface area contributed by atoms with Crippen LogP contribution in [-0.4, -0.2) is 28.6 Å². The van der Waals surface area contributed by atoms with Gasteiger partial charge in [0.1, 0.15) is 5.69 Å². The second kappa shape index (κ2) is 5.58. The van der Waals surface area contributed by atoms with Crippen LogP contribution in [0.3, 0.4) is 0 Å². The zero-order valence-electron chi connectivity index (χ0n) is 11.9. The van der Waals surface area contributed by atoms with E-state index < -0.39 is 0 Å².